The predicted molar refractivity (Wildman–Crippen MR) is 144 cm³/mol. The highest BCUT2D eigenvalue weighted by molar-refractivity contribution is 5.89. The molecule has 0 radical (unpaired) electrons. The molecule has 2 heterocycles. The van der Waals surface area contributed by atoms with Gasteiger partial charge in [0.15, 0.2) is 0 Å². The zero-order valence-corrected chi connectivity index (χ0v) is 22.0. The Morgan fingerprint density at radius 1 is 1.05 bits per heavy atom. The van der Waals surface area contributed by atoms with E-state index >= 15 is 0 Å². The normalized spacial score (nSPS) is 22.3. The van der Waals surface area contributed by atoms with Gasteiger partial charge in [0.1, 0.15) is 5.82 Å². The average Bonchev–Trinajstić information content (AvgIpc) is 2.86. The highest BCUT2D eigenvalue weighted by Gasteiger charge is 2.31. The van der Waals surface area contributed by atoms with Crippen LogP contribution >= 0.6 is 0 Å². The predicted octanol–water partition coefficient (Wildman–Crippen LogP) is -0.0238. The number of nitrogens with two attached hydrogens (primary N) is 2. The van der Waals surface area contributed by atoms with Gasteiger partial charge in [-0.15, -0.1) is 0 Å². The van der Waals surface area contributed by atoms with Crippen molar-refractivity contribution in [2.75, 3.05) is 31.5 Å². The molecule has 1 aromatic heterocycles. The molecule has 7 N–H and O–H groups in total. The quantitative estimate of drug-likeness (QED) is 0.349. The van der Waals surface area contributed by atoms with Gasteiger partial charge in [0.2, 0.25) is 5.91 Å². The lowest BCUT2D eigenvalue weighted by molar-refractivity contribution is -0.137. The first kappa shape index (κ1) is 27.7. The summed E-state index contributed by atoms with van der Waals surface area (Å²) in [4.78, 5) is 44.9. The Hall–Kier alpha value is -3.32. The molecule has 206 valence electrons. The molecule has 2 fully saturated rings. The highest BCUT2D eigenvalue weighted by atomic mass is 16.3. The van der Waals surface area contributed by atoms with Crippen LogP contribution in [0, 0.1) is 0 Å². The summed E-state index contributed by atoms with van der Waals surface area (Å²) in [6, 6.07) is 8.91. The van der Waals surface area contributed by atoms with Crippen LogP contribution in [0.1, 0.15) is 38.7 Å². The first-order valence-corrected chi connectivity index (χ1v) is 13.0. The first-order chi connectivity index (χ1) is 18.0. The Bertz CT molecular complexity index is 1170. The van der Waals surface area contributed by atoms with Crippen LogP contribution in [0.4, 0.5) is 10.6 Å². The number of carbonyl (C=O) groups excluding carboxylic acids is 2. The lowest BCUT2D eigenvalue weighted by Gasteiger charge is -2.37. The fraction of sp³-hybridized carbons (Fsp3) is 0.538. The number of aliphatic hydroxyl groups is 1. The number of hydrogen-bond acceptors (Lipinski definition) is 8. The molecule has 12 nitrogen and oxygen atoms in total. The lowest BCUT2D eigenvalue weighted by Crippen LogP contribution is -2.58. The molecule has 2 aromatic rings. The van der Waals surface area contributed by atoms with Crippen LogP contribution in [0.25, 0.3) is 5.69 Å². The number of aromatic nitrogens is 2. The van der Waals surface area contributed by atoms with Crippen LogP contribution in [-0.4, -0.2) is 86.3 Å². The van der Waals surface area contributed by atoms with Gasteiger partial charge in [-0.2, -0.15) is 4.98 Å². The van der Waals surface area contributed by atoms with Gasteiger partial charge in [0.05, 0.1) is 17.3 Å². The van der Waals surface area contributed by atoms with Crippen molar-refractivity contribution >= 4 is 17.8 Å². The molecule has 38 heavy (non-hydrogen) atoms. The molecule has 3 unspecified atom stereocenters. The van der Waals surface area contributed by atoms with Gasteiger partial charge in [-0.25, -0.2) is 9.59 Å². The van der Waals surface area contributed by atoms with E-state index in [1.54, 1.807) is 35.9 Å². The minimum atomic E-state index is -0.955. The third kappa shape index (κ3) is 6.95. The molecule has 12 heteroatoms. The number of hydrogen-bond donors (Lipinski definition) is 5. The summed E-state index contributed by atoms with van der Waals surface area (Å²) in [5.41, 5.74) is 12.1. The molecule has 3 amide bonds. The molecular weight excluding hydrogens is 488 g/mol. The third-order valence-corrected chi connectivity index (χ3v) is 6.97. The number of anilines is 1. The molecule has 1 aromatic carbocycles. The summed E-state index contributed by atoms with van der Waals surface area (Å²) in [7, 11) is 0. The zero-order chi connectivity index (χ0) is 27.4. The van der Waals surface area contributed by atoms with Gasteiger partial charge < -0.3 is 31.7 Å². The van der Waals surface area contributed by atoms with Gasteiger partial charge in [-0.3, -0.25) is 14.7 Å². The number of aliphatic hydroxyl groups excluding tert-OH is 1. The molecule has 2 aliphatic rings. The first-order valence-electron chi connectivity index (χ1n) is 13.0. The van der Waals surface area contributed by atoms with Crippen LogP contribution in [0.3, 0.4) is 0 Å². The van der Waals surface area contributed by atoms with E-state index in [1.807, 2.05) is 24.3 Å². The highest BCUT2D eigenvalue weighted by Crippen LogP contribution is 2.18. The van der Waals surface area contributed by atoms with Crippen molar-refractivity contribution in [3.63, 3.8) is 0 Å². The minimum Gasteiger partial charge on any atom is -0.393 e. The van der Waals surface area contributed by atoms with E-state index in [2.05, 4.69) is 15.6 Å². The molecule has 3 atom stereocenters. The van der Waals surface area contributed by atoms with E-state index in [-0.39, 0.29) is 35.9 Å². The second-order valence-electron chi connectivity index (χ2n) is 10.8. The zero-order valence-electron chi connectivity index (χ0n) is 22.0. The fourth-order valence-electron chi connectivity index (χ4n) is 4.91. The Labute approximate surface area is 222 Å². The second-order valence-corrected chi connectivity index (χ2v) is 10.8. The van der Waals surface area contributed by atoms with Gasteiger partial charge in [0.25, 0.3) is 0 Å². The average molecular weight is 527 g/mol. The van der Waals surface area contributed by atoms with E-state index in [0.29, 0.717) is 51.3 Å². The Kier molecular flexibility index (Phi) is 8.46. The van der Waals surface area contributed by atoms with Crippen molar-refractivity contribution in [1.29, 1.82) is 0 Å². The van der Waals surface area contributed by atoms with Crippen LogP contribution in [0.2, 0.25) is 0 Å². The molecule has 1 aliphatic heterocycles. The lowest BCUT2D eigenvalue weighted by atomic mass is 9.89. The van der Waals surface area contributed by atoms with Crippen molar-refractivity contribution in [3.05, 3.63) is 52.6 Å². The molecule has 0 bridgehead atoms. The topological polar surface area (TPSA) is 172 Å². The number of benzene rings is 1. The summed E-state index contributed by atoms with van der Waals surface area (Å²) in [6.45, 7) is 5.47. The number of piperazine rings is 1. The standard InChI is InChI=1S/C26H38N8O4/c1-26(2,28)23(36)32-9-11-33(12-10-32)24(37)30-22-7-8-34(25(38)31-22)20-5-3-17(4-6-20)16-29-19-13-18(27)14-21(35)15-19/h3-8,18-19,21,29,35H,9-16,27-28H2,1-2H3,(H,30,31,37,38). The third-order valence-electron chi connectivity index (χ3n) is 6.97. The SMILES string of the molecule is CC(C)(N)C(=O)N1CCN(C(=O)Nc2ccn(-c3ccc(CNC4CC(N)CC(O)C4)cc3)c(=O)n2)CC1. The molecule has 1 saturated heterocycles. The summed E-state index contributed by atoms with van der Waals surface area (Å²) >= 11 is 0. The van der Waals surface area contributed by atoms with Gasteiger partial charge in [-0.05, 0) is 56.9 Å². The van der Waals surface area contributed by atoms with Crippen LogP contribution in [0.15, 0.2) is 41.3 Å². The maximum atomic E-state index is 12.7. The largest absolute Gasteiger partial charge is 0.393 e. The minimum absolute atomic E-state index is 0.00983. The molecule has 0 spiro atoms. The molecule has 1 aliphatic carbocycles. The summed E-state index contributed by atoms with van der Waals surface area (Å²) in [6.07, 6.45) is 3.38. The van der Waals surface area contributed by atoms with E-state index in [1.165, 1.54) is 4.57 Å². The van der Waals surface area contributed by atoms with Crippen molar-refractivity contribution in [3.8, 4) is 5.69 Å². The maximum absolute atomic E-state index is 12.7. The maximum Gasteiger partial charge on any atom is 0.354 e. The van der Waals surface area contributed by atoms with E-state index < -0.39 is 11.2 Å². The van der Waals surface area contributed by atoms with Crippen LogP contribution in [-0.2, 0) is 11.3 Å². The number of nitrogens with one attached hydrogen (secondary N) is 2. The number of rotatable bonds is 6. The van der Waals surface area contributed by atoms with Crippen LogP contribution in [0.5, 0.6) is 0 Å². The van der Waals surface area contributed by atoms with Crippen molar-refractivity contribution in [2.45, 2.75) is 63.4 Å². The number of carbonyl (C=O) groups is 2. The Balaban J connectivity index is 1.30. The number of urea groups is 1. The molecular formula is C26H38N8O4. The second kappa shape index (κ2) is 11.6. The van der Waals surface area contributed by atoms with Crippen molar-refractivity contribution < 1.29 is 14.7 Å². The molecule has 4 rings (SSSR count). The number of amides is 3. The van der Waals surface area contributed by atoms with Crippen LogP contribution < -0.4 is 27.8 Å². The summed E-state index contributed by atoms with van der Waals surface area (Å²) < 4.78 is 1.41. The Morgan fingerprint density at radius 2 is 1.71 bits per heavy atom. The fourth-order valence-corrected chi connectivity index (χ4v) is 4.91. The van der Waals surface area contributed by atoms with Crippen molar-refractivity contribution in [2.24, 2.45) is 11.5 Å². The van der Waals surface area contributed by atoms with E-state index in [4.69, 9.17) is 11.5 Å². The summed E-state index contributed by atoms with van der Waals surface area (Å²) in [5, 5.41) is 16.0. The number of nitrogens with zero attached hydrogens (tertiary/aromatic N) is 4. The van der Waals surface area contributed by atoms with Gasteiger partial charge in [-0.1, -0.05) is 12.1 Å². The van der Waals surface area contributed by atoms with E-state index in [0.717, 1.165) is 12.0 Å². The van der Waals surface area contributed by atoms with Gasteiger partial charge >= 0.3 is 11.7 Å². The van der Waals surface area contributed by atoms with E-state index in [9.17, 15) is 19.5 Å². The van der Waals surface area contributed by atoms with Crippen molar-refractivity contribution in [1.82, 2.24) is 24.7 Å². The molecule has 1 saturated carbocycles. The summed E-state index contributed by atoms with van der Waals surface area (Å²) in [5.74, 6) is 0.00692. The van der Waals surface area contributed by atoms with Gasteiger partial charge in [0, 0.05) is 51.0 Å². The smallest absolute Gasteiger partial charge is 0.354 e. The Morgan fingerprint density at radius 3 is 2.32 bits per heavy atom. The monoisotopic (exact) mass is 526 g/mol.